The van der Waals surface area contributed by atoms with Crippen molar-refractivity contribution in [3.05, 3.63) is 0 Å². The van der Waals surface area contributed by atoms with Gasteiger partial charge in [-0.1, -0.05) is 0 Å². The first-order valence-corrected chi connectivity index (χ1v) is 2.01. The van der Waals surface area contributed by atoms with Gasteiger partial charge in [0.2, 0.25) is 0 Å². The van der Waals surface area contributed by atoms with E-state index in [9.17, 15) is 0 Å². The van der Waals surface area contributed by atoms with Gasteiger partial charge in [0.25, 0.3) is 0 Å². The molecule has 3 heteroatoms. The molecule has 0 radical (unpaired) electrons. The minimum Gasteiger partial charge on any atom is -1.00 e. The number of aliphatic hydroxyl groups excluding tert-OH is 1. The van der Waals surface area contributed by atoms with Crippen LogP contribution in [0.5, 0.6) is 0 Å². The van der Waals surface area contributed by atoms with Crippen LogP contribution in [-0.4, -0.2) is 48.5 Å². The van der Waals surface area contributed by atoms with E-state index in [0.29, 0.717) is 6.61 Å². The van der Waals surface area contributed by atoms with E-state index in [1.54, 1.807) is 7.11 Å². The second-order valence-electron chi connectivity index (χ2n) is 1.07. The minimum atomic E-state index is 0. The SMILES string of the molecule is COCCCO.[H-].[H-].[Mg+2]. The minimum absolute atomic E-state index is 0. The van der Waals surface area contributed by atoms with Gasteiger partial charge < -0.3 is 12.7 Å². The number of hydrogen-bond acceptors (Lipinski definition) is 2. The Morgan fingerprint density at radius 1 is 1.71 bits per heavy atom. The standard InChI is InChI=1S/C4H10O2.Mg.2H/c1-6-4-2-3-5;;;/h5H,2-4H2,1H3;;;/q;+2;2*-1. The van der Waals surface area contributed by atoms with E-state index < -0.39 is 0 Å². The fourth-order valence-corrected chi connectivity index (χ4v) is 0.209. The van der Waals surface area contributed by atoms with Crippen molar-refractivity contribution >= 4 is 23.1 Å². The summed E-state index contributed by atoms with van der Waals surface area (Å²) in [6.45, 7) is 0.893. The molecule has 0 spiro atoms. The Balaban J connectivity index is -0.0000000417. The van der Waals surface area contributed by atoms with Crippen molar-refractivity contribution in [2.45, 2.75) is 6.42 Å². The quantitative estimate of drug-likeness (QED) is 0.411. The Morgan fingerprint density at radius 3 is 2.43 bits per heavy atom. The summed E-state index contributed by atoms with van der Waals surface area (Å²) in [4.78, 5) is 0. The summed E-state index contributed by atoms with van der Waals surface area (Å²) in [5.74, 6) is 0. The van der Waals surface area contributed by atoms with Crippen LogP contribution in [0.15, 0.2) is 0 Å². The van der Waals surface area contributed by atoms with E-state index in [1.807, 2.05) is 0 Å². The summed E-state index contributed by atoms with van der Waals surface area (Å²) in [6.07, 6.45) is 0.747. The van der Waals surface area contributed by atoms with E-state index in [2.05, 4.69) is 4.74 Å². The molecule has 0 saturated carbocycles. The van der Waals surface area contributed by atoms with Crippen LogP contribution in [0.4, 0.5) is 0 Å². The van der Waals surface area contributed by atoms with Crippen LogP contribution >= 0.6 is 0 Å². The fraction of sp³-hybridized carbons (Fsp3) is 1.00. The first-order chi connectivity index (χ1) is 2.91. The Morgan fingerprint density at radius 2 is 2.29 bits per heavy atom. The second-order valence-corrected chi connectivity index (χ2v) is 1.07. The van der Waals surface area contributed by atoms with Gasteiger partial charge in [0.1, 0.15) is 0 Å². The zero-order valence-electron chi connectivity index (χ0n) is 6.68. The average Bonchev–Trinajstić information content (AvgIpc) is 1.61. The summed E-state index contributed by atoms with van der Waals surface area (Å²) in [5.41, 5.74) is 0. The summed E-state index contributed by atoms with van der Waals surface area (Å²) in [6, 6.07) is 0. The molecule has 1 N–H and O–H groups in total. The summed E-state index contributed by atoms with van der Waals surface area (Å²) >= 11 is 0. The first kappa shape index (κ1) is 10.6. The first-order valence-electron chi connectivity index (χ1n) is 2.01. The maximum absolute atomic E-state index is 8.12. The molecular weight excluding hydrogens is 104 g/mol. The third-order valence-corrected chi connectivity index (χ3v) is 0.507. The normalized spacial score (nSPS) is 7.71. The van der Waals surface area contributed by atoms with Gasteiger partial charge in [-0.2, -0.15) is 0 Å². The third-order valence-electron chi connectivity index (χ3n) is 0.507. The van der Waals surface area contributed by atoms with Gasteiger partial charge in [0.05, 0.1) is 0 Å². The Hall–Kier alpha value is 0.686. The van der Waals surface area contributed by atoms with E-state index in [-0.39, 0.29) is 32.5 Å². The van der Waals surface area contributed by atoms with Gasteiger partial charge >= 0.3 is 23.1 Å². The molecule has 0 aromatic heterocycles. The van der Waals surface area contributed by atoms with E-state index in [1.165, 1.54) is 0 Å². The summed E-state index contributed by atoms with van der Waals surface area (Å²) < 4.78 is 4.62. The molecule has 7 heavy (non-hydrogen) atoms. The molecule has 42 valence electrons. The number of hydrogen-bond donors (Lipinski definition) is 1. The van der Waals surface area contributed by atoms with Crippen molar-refractivity contribution in [1.82, 2.24) is 0 Å². The van der Waals surface area contributed by atoms with Crippen molar-refractivity contribution in [3.8, 4) is 0 Å². The van der Waals surface area contributed by atoms with Gasteiger partial charge in [0, 0.05) is 20.3 Å². The van der Waals surface area contributed by atoms with E-state index >= 15 is 0 Å². The monoisotopic (exact) mass is 116 g/mol. The van der Waals surface area contributed by atoms with Crippen LogP contribution in [0, 0.1) is 0 Å². The smallest absolute Gasteiger partial charge is 1.00 e. The molecule has 0 aliphatic carbocycles. The van der Waals surface area contributed by atoms with E-state index in [4.69, 9.17) is 5.11 Å². The number of aliphatic hydroxyl groups is 1. The van der Waals surface area contributed by atoms with E-state index in [0.717, 1.165) is 6.42 Å². The molecule has 0 bridgehead atoms. The molecule has 0 aliphatic rings. The zero-order chi connectivity index (χ0) is 4.83. The van der Waals surface area contributed by atoms with Crippen LogP contribution in [0.1, 0.15) is 9.27 Å². The zero-order valence-corrected chi connectivity index (χ0v) is 6.10. The Bertz CT molecular complexity index is 28.5. The molecule has 0 heterocycles. The molecular formula is C4H12MgO2. The molecule has 0 unspecified atom stereocenters. The Kier molecular flexibility index (Phi) is 14.9. The third kappa shape index (κ3) is 10.8. The predicted octanol–water partition coefficient (Wildman–Crippen LogP) is -0.141. The van der Waals surface area contributed by atoms with Crippen molar-refractivity contribution in [2.24, 2.45) is 0 Å². The van der Waals surface area contributed by atoms with Gasteiger partial charge in [-0.05, 0) is 6.42 Å². The number of ether oxygens (including phenoxy) is 1. The summed E-state index contributed by atoms with van der Waals surface area (Å²) in [5, 5.41) is 8.12. The van der Waals surface area contributed by atoms with Crippen molar-refractivity contribution < 1.29 is 12.7 Å². The maximum Gasteiger partial charge on any atom is 2.00 e. The summed E-state index contributed by atoms with van der Waals surface area (Å²) in [7, 11) is 1.62. The average molecular weight is 116 g/mol. The maximum atomic E-state index is 8.12. The molecule has 0 saturated heterocycles. The molecule has 0 aliphatic heterocycles. The molecule has 0 aromatic rings. The second kappa shape index (κ2) is 9.84. The van der Waals surface area contributed by atoms with Crippen LogP contribution < -0.4 is 0 Å². The molecule has 0 aromatic carbocycles. The molecule has 0 atom stereocenters. The van der Waals surface area contributed by atoms with Crippen molar-refractivity contribution in [3.63, 3.8) is 0 Å². The molecule has 0 rings (SSSR count). The van der Waals surface area contributed by atoms with Gasteiger partial charge in [-0.25, -0.2) is 0 Å². The van der Waals surface area contributed by atoms with Crippen LogP contribution in [-0.2, 0) is 4.74 Å². The Labute approximate surface area is 63.0 Å². The largest absolute Gasteiger partial charge is 2.00 e. The number of rotatable bonds is 3. The van der Waals surface area contributed by atoms with Gasteiger partial charge in [0.15, 0.2) is 0 Å². The van der Waals surface area contributed by atoms with Crippen LogP contribution in [0.3, 0.4) is 0 Å². The topological polar surface area (TPSA) is 29.5 Å². The van der Waals surface area contributed by atoms with Crippen molar-refractivity contribution in [2.75, 3.05) is 20.3 Å². The number of methoxy groups -OCH3 is 1. The molecule has 2 nitrogen and oxygen atoms in total. The van der Waals surface area contributed by atoms with Crippen molar-refractivity contribution in [1.29, 1.82) is 0 Å². The van der Waals surface area contributed by atoms with Crippen LogP contribution in [0.2, 0.25) is 0 Å². The molecule has 0 fully saturated rings. The van der Waals surface area contributed by atoms with Crippen LogP contribution in [0.25, 0.3) is 0 Å². The molecule has 0 amide bonds. The van der Waals surface area contributed by atoms with Gasteiger partial charge in [-0.15, -0.1) is 0 Å². The van der Waals surface area contributed by atoms with Gasteiger partial charge in [-0.3, -0.25) is 0 Å². The fourth-order valence-electron chi connectivity index (χ4n) is 0.209. The predicted molar refractivity (Wildman–Crippen MR) is 31.6 cm³/mol.